The van der Waals surface area contributed by atoms with Crippen molar-refractivity contribution in [1.82, 2.24) is 5.32 Å². The second kappa shape index (κ2) is 8.63. The molecule has 176 valence electrons. The molecule has 0 unspecified atom stereocenters. The van der Waals surface area contributed by atoms with Crippen LogP contribution in [0.5, 0.6) is 0 Å². The number of para-hydroxylation sites is 1. The smallest absolute Gasteiger partial charge is 0.349 e. The van der Waals surface area contributed by atoms with Crippen LogP contribution in [0.3, 0.4) is 0 Å². The molecule has 1 aliphatic heterocycles. The minimum atomic E-state index is -4.57. The Labute approximate surface area is 193 Å². The zero-order valence-corrected chi connectivity index (χ0v) is 18.6. The Bertz CT molecular complexity index is 1080. The second-order valence-electron chi connectivity index (χ2n) is 8.82. The summed E-state index contributed by atoms with van der Waals surface area (Å²) in [7, 11) is 0. The molecule has 33 heavy (non-hydrogen) atoms. The molecule has 0 radical (unpaired) electrons. The summed E-state index contributed by atoms with van der Waals surface area (Å²) in [5.41, 5.74) is -2.24. The molecule has 4 nitrogen and oxygen atoms in total. The van der Waals surface area contributed by atoms with Crippen LogP contribution in [0.4, 0.5) is 23.2 Å². The largest absolute Gasteiger partial charge is 0.416 e. The number of benzene rings is 2. The maximum atomic E-state index is 15.0. The lowest BCUT2D eigenvalue weighted by Gasteiger charge is -2.32. The number of amides is 2. The highest BCUT2D eigenvalue weighted by Crippen LogP contribution is 2.43. The highest BCUT2D eigenvalue weighted by atomic mass is 35.5. The summed E-state index contributed by atoms with van der Waals surface area (Å²) in [5, 5.41) is 2.73. The number of halogens is 5. The first kappa shape index (κ1) is 23.5. The van der Waals surface area contributed by atoms with E-state index in [4.69, 9.17) is 11.6 Å². The Morgan fingerprint density at radius 3 is 2.48 bits per heavy atom. The van der Waals surface area contributed by atoms with Crippen molar-refractivity contribution in [2.24, 2.45) is 5.92 Å². The lowest BCUT2D eigenvalue weighted by Crippen LogP contribution is -2.42. The number of alkyl halides is 4. The van der Waals surface area contributed by atoms with Gasteiger partial charge in [-0.3, -0.25) is 9.59 Å². The first-order valence-electron chi connectivity index (χ1n) is 10.8. The second-order valence-corrected chi connectivity index (χ2v) is 9.23. The van der Waals surface area contributed by atoms with Crippen molar-refractivity contribution in [3.05, 3.63) is 64.2 Å². The van der Waals surface area contributed by atoms with Gasteiger partial charge in [-0.2, -0.15) is 13.2 Å². The van der Waals surface area contributed by atoms with Crippen LogP contribution in [0.15, 0.2) is 42.5 Å². The Morgan fingerprint density at radius 1 is 1.15 bits per heavy atom. The molecule has 0 spiro atoms. The highest BCUT2D eigenvalue weighted by molar-refractivity contribution is 6.33. The van der Waals surface area contributed by atoms with E-state index in [9.17, 15) is 27.2 Å². The molecular formula is C24H23ClF4N2O2. The first-order chi connectivity index (χ1) is 15.5. The Morgan fingerprint density at radius 2 is 1.82 bits per heavy atom. The number of nitrogens with zero attached hydrogens (tertiary/aromatic N) is 1. The average Bonchev–Trinajstić information content (AvgIpc) is 2.95. The summed E-state index contributed by atoms with van der Waals surface area (Å²) < 4.78 is 53.9. The summed E-state index contributed by atoms with van der Waals surface area (Å²) in [5.74, 6) is -1.09. The Kier molecular flexibility index (Phi) is 6.16. The quantitative estimate of drug-likeness (QED) is 0.553. The topological polar surface area (TPSA) is 49.4 Å². The highest BCUT2D eigenvalue weighted by Gasteiger charge is 2.48. The summed E-state index contributed by atoms with van der Waals surface area (Å²) >= 11 is 5.96. The molecule has 1 fully saturated rings. The third-order valence-corrected chi connectivity index (χ3v) is 6.84. The molecule has 0 aromatic heterocycles. The van der Waals surface area contributed by atoms with E-state index in [2.05, 4.69) is 5.32 Å². The normalized spacial score (nSPS) is 25.2. The van der Waals surface area contributed by atoms with Gasteiger partial charge in [-0.15, -0.1) is 0 Å². The molecule has 2 aromatic rings. The zero-order chi connectivity index (χ0) is 24.0. The van der Waals surface area contributed by atoms with Crippen LogP contribution in [0, 0.1) is 5.92 Å². The van der Waals surface area contributed by atoms with Gasteiger partial charge in [0.15, 0.2) is 0 Å². The van der Waals surface area contributed by atoms with Crippen LogP contribution >= 0.6 is 11.6 Å². The number of carbonyl (C=O) groups excluding carboxylic acids is 2. The zero-order valence-electron chi connectivity index (χ0n) is 17.9. The number of nitrogens with one attached hydrogen (secondary N) is 1. The third-order valence-electron chi connectivity index (χ3n) is 6.51. The van der Waals surface area contributed by atoms with Gasteiger partial charge in [-0.25, -0.2) is 4.39 Å². The van der Waals surface area contributed by atoms with Crippen LogP contribution in [0.2, 0.25) is 5.02 Å². The number of fused-ring (bicyclic) bond motifs is 1. The van der Waals surface area contributed by atoms with Crippen molar-refractivity contribution in [1.29, 1.82) is 0 Å². The van der Waals surface area contributed by atoms with E-state index >= 15 is 0 Å². The summed E-state index contributed by atoms with van der Waals surface area (Å²) in [6, 6.07) is 9.29. The lowest BCUT2D eigenvalue weighted by molar-refractivity contribution is -0.137. The van der Waals surface area contributed by atoms with Crippen molar-refractivity contribution in [2.75, 3.05) is 11.4 Å². The molecule has 9 heteroatoms. The molecular weight excluding hydrogens is 460 g/mol. The average molecular weight is 483 g/mol. The first-order valence-corrected chi connectivity index (χ1v) is 11.1. The minimum absolute atomic E-state index is 0.0466. The fraction of sp³-hybridized carbons (Fsp3) is 0.417. The number of anilines is 1. The Hall–Kier alpha value is -2.61. The predicted molar refractivity (Wildman–Crippen MR) is 117 cm³/mol. The molecule has 4 rings (SSSR count). The predicted octanol–water partition coefficient (Wildman–Crippen LogP) is 5.88. The van der Waals surface area contributed by atoms with Gasteiger partial charge < -0.3 is 10.2 Å². The van der Waals surface area contributed by atoms with Crippen LogP contribution in [-0.4, -0.2) is 24.4 Å². The number of rotatable bonds is 4. The number of hydrogen-bond acceptors (Lipinski definition) is 2. The maximum Gasteiger partial charge on any atom is 0.416 e. The van der Waals surface area contributed by atoms with Gasteiger partial charge in [0.1, 0.15) is 0 Å². The Balaban J connectivity index is 1.37. The van der Waals surface area contributed by atoms with Crippen molar-refractivity contribution in [3.8, 4) is 0 Å². The lowest BCUT2D eigenvalue weighted by atomic mass is 9.85. The fourth-order valence-electron chi connectivity index (χ4n) is 4.65. The summed E-state index contributed by atoms with van der Waals surface area (Å²) in [6.45, 7) is 1.66. The van der Waals surface area contributed by atoms with E-state index in [0.717, 1.165) is 18.2 Å². The van der Waals surface area contributed by atoms with E-state index < -0.39 is 29.2 Å². The van der Waals surface area contributed by atoms with Gasteiger partial charge in [0, 0.05) is 18.2 Å². The standard InChI is InChI=1S/C24H23ClF4N2O2/c1-23(26)18-4-2-3-5-20(18)31(22(23)33)13-14-6-9-16(10-7-14)30-21(32)17-12-15(24(27,28)29)8-11-19(17)25/h2-5,8,11-12,14,16H,6-7,9-10,13H2,1H3,(H,30,32)/t14-,16-,23-/m1/s1. The monoisotopic (exact) mass is 482 g/mol. The molecule has 0 saturated heterocycles. The molecule has 1 heterocycles. The van der Waals surface area contributed by atoms with Crippen LogP contribution in [0.1, 0.15) is 54.1 Å². The van der Waals surface area contributed by atoms with E-state index in [0.29, 0.717) is 43.5 Å². The van der Waals surface area contributed by atoms with Crippen molar-refractivity contribution in [2.45, 2.75) is 50.5 Å². The molecule has 1 N–H and O–H groups in total. The van der Waals surface area contributed by atoms with Gasteiger partial charge in [-0.05, 0) is 62.8 Å². The molecule has 1 aliphatic carbocycles. The molecule has 1 saturated carbocycles. The maximum absolute atomic E-state index is 15.0. The van der Waals surface area contributed by atoms with E-state index in [1.807, 2.05) is 0 Å². The van der Waals surface area contributed by atoms with Gasteiger partial charge in [-0.1, -0.05) is 29.8 Å². The summed E-state index contributed by atoms with van der Waals surface area (Å²) in [4.78, 5) is 26.7. The minimum Gasteiger partial charge on any atom is -0.349 e. The van der Waals surface area contributed by atoms with Crippen LogP contribution in [0.25, 0.3) is 0 Å². The van der Waals surface area contributed by atoms with Gasteiger partial charge >= 0.3 is 6.18 Å². The van der Waals surface area contributed by atoms with Gasteiger partial charge in [0.05, 0.1) is 21.8 Å². The number of carbonyl (C=O) groups is 2. The number of hydrogen-bond donors (Lipinski definition) is 1. The van der Waals surface area contributed by atoms with Crippen LogP contribution in [-0.2, 0) is 16.6 Å². The van der Waals surface area contributed by atoms with Crippen molar-refractivity contribution in [3.63, 3.8) is 0 Å². The van der Waals surface area contributed by atoms with E-state index in [1.165, 1.54) is 11.8 Å². The molecule has 1 atom stereocenters. The van der Waals surface area contributed by atoms with Crippen molar-refractivity contribution < 1.29 is 27.2 Å². The SMILES string of the molecule is C[C@]1(F)C(=O)N(C[C@H]2CC[C@H](NC(=O)c3cc(C(F)(F)F)ccc3Cl)CC2)c2ccccc21. The van der Waals surface area contributed by atoms with Gasteiger partial charge in [0.25, 0.3) is 11.8 Å². The fourth-order valence-corrected chi connectivity index (χ4v) is 4.86. The molecule has 0 bridgehead atoms. The molecule has 2 aromatic carbocycles. The van der Waals surface area contributed by atoms with E-state index in [1.54, 1.807) is 24.3 Å². The molecule has 2 aliphatic rings. The van der Waals surface area contributed by atoms with Crippen molar-refractivity contribution >= 4 is 29.1 Å². The third kappa shape index (κ3) is 4.58. The van der Waals surface area contributed by atoms with Gasteiger partial charge in [0.2, 0.25) is 5.67 Å². The summed E-state index contributed by atoms with van der Waals surface area (Å²) in [6.07, 6.45) is -1.99. The van der Waals surface area contributed by atoms with Crippen LogP contribution < -0.4 is 10.2 Å². The van der Waals surface area contributed by atoms with E-state index in [-0.39, 0.29) is 22.5 Å². The molecule has 2 amide bonds.